The van der Waals surface area contributed by atoms with Crippen LogP contribution in [0.3, 0.4) is 0 Å². The normalized spacial score (nSPS) is 11.1. The molecule has 0 atom stereocenters. The maximum absolute atomic E-state index is 5.81. The van der Waals surface area contributed by atoms with Crippen LogP contribution in [0, 0.1) is 6.92 Å². The number of anilines is 1. The predicted octanol–water partition coefficient (Wildman–Crippen LogP) is 3.04. The third-order valence-electron chi connectivity index (χ3n) is 2.70. The molecular weight excluding hydrogens is 244 g/mol. The Hall–Kier alpha value is -1.49. The number of nitrogen functional groups attached to an aromatic ring is 1. The second-order valence-electron chi connectivity index (χ2n) is 4.58. The largest absolute Gasteiger partial charge is 0.368 e. The minimum absolute atomic E-state index is 0.278. The highest BCUT2D eigenvalue weighted by molar-refractivity contribution is 7.98. The number of thioether (sulfide) groups is 1. The van der Waals surface area contributed by atoms with Crippen LogP contribution in [-0.2, 0) is 5.75 Å². The van der Waals surface area contributed by atoms with Crippen LogP contribution < -0.4 is 5.73 Å². The van der Waals surface area contributed by atoms with Crippen molar-refractivity contribution < 1.29 is 0 Å². The Kier molecular flexibility index (Phi) is 3.91. The van der Waals surface area contributed by atoms with Crippen LogP contribution in [0.2, 0.25) is 0 Å². The number of rotatable bonds is 4. The van der Waals surface area contributed by atoms with Crippen molar-refractivity contribution in [2.45, 2.75) is 37.7 Å². The van der Waals surface area contributed by atoms with Crippen molar-refractivity contribution in [3.8, 4) is 0 Å². The van der Waals surface area contributed by atoms with E-state index in [2.05, 4.69) is 55.2 Å². The predicted molar refractivity (Wildman–Crippen MR) is 75.6 cm³/mol. The van der Waals surface area contributed by atoms with Crippen LogP contribution in [0.1, 0.15) is 31.0 Å². The van der Waals surface area contributed by atoms with Gasteiger partial charge in [-0.25, -0.2) is 0 Å². The highest BCUT2D eigenvalue weighted by Crippen LogP contribution is 2.25. The molecule has 1 aromatic heterocycles. The molecular formula is C13H18N4S. The van der Waals surface area contributed by atoms with Crippen LogP contribution in [0.4, 0.5) is 5.95 Å². The molecule has 5 heteroatoms. The summed E-state index contributed by atoms with van der Waals surface area (Å²) in [5.74, 6) is 1.36. The van der Waals surface area contributed by atoms with E-state index in [0.29, 0.717) is 5.95 Å². The SMILES string of the molecule is Cc1ccc(CSc2nnc(N)n2C(C)C)cc1. The minimum Gasteiger partial charge on any atom is -0.368 e. The summed E-state index contributed by atoms with van der Waals surface area (Å²) in [6.45, 7) is 6.25. The maximum Gasteiger partial charge on any atom is 0.222 e. The Morgan fingerprint density at radius 1 is 1.22 bits per heavy atom. The monoisotopic (exact) mass is 262 g/mol. The fourth-order valence-corrected chi connectivity index (χ4v) is 2.73. The Balaban J connectivity index is 2.08. The maximum atomic E-state index is 5.81. The lowest BCUT2D eigenvalue weighted by Gasteiger charge is -2.11. The van der Waals surface area contributed by atoms with Gasteiger partial charge in [0.25, 0.3) is 0 Å². The molecule has 0 saturated carbocycles. The molecule has 0 unspecified atom stereocenters. The number of aromatic nitrogens is 3. The minimum atomic E-state index is 0.278. The highest BCUT2D eigenvalue weighted by atomic mass is 32.2. The Bertz CT molecular complexity index is 516. The molecule has 0 amide bonds. The standard InChI is InChI=1S/C13H18N4S/c1-9(2)17-12(14)15-16-13(17)18-8-11-6-4-10(3)5-7-11/h4-7,9H,8H2,1-3H3,(H2,14,15). The van der Waals surface area contributed by atoms with Gasteiger partial charge in [-0.1, -0.05) is 41.6 Å². The van der Waals surface area contributed by atoms with Gasteiger partial charge in [0.05, 0.1) is 0 Å². The van der Waals surface area contributed by atoms with Crippen LogP contribution in [0.5, 0.6) is 0 Å². The fraction of sp³-hybridized carbons (Fsp3) is 0.385. The molecule has 0 aliphatic carbocycles. The molecule has 2 aromatic rings. The summed E-state index contributed by atoms with van der Waals surface area (Å²) < 4.78 is 1.96. The van der Waals surface area contributed by atoms with Crippen molar-refractivity contribution >= 4 is 17.7 Å². The van der Waals surface area contributed by atoms with Gasteiger partial charge in [0.1, 0.15) is 0 Å². The van der Waals surface area contributed by atoms with Gasteiger partial charge in [0.15, 0.2) is 5.16 Å². The topological polar surface area (TPSA) is 56.7 Å². The van der Waals surface area contributed by atoms with Gasteiger partial charge in [-0.3, -0.25) is 4.57 Å². The van der Waals surface area contributed by atoms with Gasteiger partial charge in [-0.15, -0.1) is 10.2 Å². The van der Waals surface area contributed by atoms with E-state index >= 15 is 0 Å². The van der Waals surface area contributed by atoms with Crippen LogP contribution >= 0.6 is 11.8 Å². The third-order valence-corrected chi connectivity index (χ3v) is 3.71. The van der Waals surface area contributed by atoms with Gasteiger partial charge in [0.2, 0.25) is 5.95 Å². The lowest BCUT2D eigenvalue weighted by atomic mass is 10.2. The molecule has 0 spiro atoms. The molecule has 2 N–H and O–H groups in total. The van der Waals surface area contributed by atoms with Crippen molar-refractivity contribution in [1.82, 2.24) is 14.8 Å². The van der Waals surface area contributed by atoms with E-state index in [1.807, 2.05) is 4.57 Å². The number of nitrogens with two attached hydrogens (primary N) is 1. The zero-order valence-electron chi connectivity index (χ0n) is 10.9. The van der Waals surface area contributed by atoms with E-state index in [9.17, 15) is 0 Å². The van der Waals surface area contributed by atoms with Crippen molar-refractivity contribution in [2.24, 2.45) is 0 Å². The van der Waals surface area contributed by atoms with Gasteiger partial charge >= 0.3 is 0 Å². The summed E-state index contributed by atoms with van der Waals surface area (Å²) in [6.07, 6.45) is 0. The van der Waals surface area contributed by atoms with Crippen molar-refractivity contribution in [3.63, 3.8) is 0 Å². The summed E-state index contributed by atoms with van der Waals surface area (Å²) in [7, 11) is 0. The second-order valence-corrected chi connectivity index (χ2v) is 5.52. The number of nitrogens with zero attached hydrogens (tertiary/aromatic N) is 3. The molecule has 0 saturated heterocycles. The van der Waals surface area contributed by atoms with Crippen molar-refractivity contribution in [1.29, 1.82) is 0 Å². The molecule has 2 rings (SSSR count). The van der Waals surface area contributed by atoms with Crippen LogP contribution in [0.15, 0.2) is 29.4 Å². The van der Waals surface area contributed by atoms with E-state index < -0.39 is 0 Å². The first-order valence-electron chi connectivity index (χ1n) is 5.96. The number of benzene rings is 1. The lowest BCUT2D eigenvalue weighted by molar-refractivity contribution is 0.557. The molecule has 18 heavy (non-hydrogen) atoms. The smallest absolute Gasteiger partial charge is 0.222 e. The lowest BCUT2D eigenvalue weighted by Crippen LogP contribution is -2.06. The molecule has 0 bridgehead atoms. The highest BCUT2D eigenvalue weighted by Gasteiger charge is 2.12. The first-order chi connectivity index (χ1) is 8.58. The molecule has 0 aliphatic heterocycles. The van der Waals surface area contributed by atoms with E-state index in [1.54, 1.807) is 11.8 Å². The van der Waals surface area contributed by atoms with Gasteiger partial charge in [0, 0.05) is 11.8 Å². The zero-order valence-corrected chi connectivity index (χ0v) is 11.7. The van der Waals surface area contributed by atoms with Crippen LogP contribution in [-0.4, -0.2) is 14.8 Å². The number of aryl methyl sites for hydroxylation is 1. The van der Waals surface area contributed by atoms with E-state index in [1.165, 1.54) is 11.1 Å². The molecule has 1 aromatic carbocycles. The second kappa shape index (κ2) is 5.44. The molecule has 0 radical (unpaired) electrons. The molecule has 0 fully saturated rings. The van der Waals surface area contributed by atoms with E-state index in [-0.39, 0.29) is 6.04 Å². The van der Waals surface area contributed by atoms with Gasteiger partial charge in [-0.2, -0.15) is 0 Å². The Labute approximate surface area is 112 Å². The summed E-state index contributed by atoms with van der Waals surface area (Å²) in [4.78, 5) is 0. The zero-order chi connectivity index (χ0) is 13.1. The molecule has 1 heterocycles. The molecule has 4 nitrogen and oxygen atoms in total. The van der Waals surface area contributed by atoms with Crippen molar-refractivity contribution in [3.05, 3.63) is 35.4 Å². The Morgan fingerprint density at radius 2 is 1.89 bits per heavy atom. The van der Waals surface area contributed by atoms with Crippen LogP contribution in [0.25, 0.3) is 0 Å². The molecule has 96 valence electrons. The number of hydrogen-bond donors (Lipinski definition) is 1. The number of hydrogen-bond acceptors (Lipinski definition) is 4. The molecule has 0 aliphatic rings. The summed E-state index contributed by atoms with van der Waals surface area (Å²) in [5, 5.41) is 8.93. The van der Waals surface area contributed by atoms with Crippen molar-refractivity contribution in [2.75, 3.05) is 5.73 Å². The van der Waals surface area contributed by atoms with E-state index in [4.69, 9.17) is 5.73 Å². The summed E-state index contributed by atoms with van der Waals surface area (Å²) in [5.41, 5.74) is 8.36. The first-order valence-corrected chi connectivity index (χ1v) is 6.95. The third kappa shape index (κ3) is 2.85. The quantitative estimate of drug-likeness (QED) is 0.860. The van der Waals surface area contributed by atoms with Gasteiger partial charge < -0.3 is 5.73 Å². The summed E-state index contributed by atoms with van der Waals surface area (Å²) in [6, 6.07) is 8.80. The average Bonchev–Trinajstić information content (AvgIpc) is 2.70. The first kappa shape index (κ1) is 13.0. The van der Waals surface area contributed by atoms with Gasteiger partial charge in [-0.05, 0) is 26.3 Å². The fourth-order valence-electron chi connectivity index (χ4n) is 1.70. The summed E-state index contributed by atoms with van der Waals surface area (Å²) >= 11 is 1.66. The van der Waals surface area contributed by atoms with E-state index in [0.717, 1.165) is 10.9 Å². The average molecular weight is 262 g/mol. The Morgan fingerprint density at radius 3 is 2.50 bits per heavy atom.